The molecular weight excluding hydrogens is 188 g/mol. The number of fused-ring (bicyclic) bond motifs is 1. The lowest BCUT2D eigenvalue weighted by Crippen LogP contribution is -1.98. The number of aryl methyl sites for hydroxylation is 1. The monoisotopic (exact) mass is 204 g/mol. The van der Waals surface area contributed by atoms with Gasteiger partial charge in [-0.15, -0.1) is 0 Å². The SMILES string of the molecule is O=C(O)CCCC1CCc2ccccc21. The second-order valence-corrected chi connectivity index (χ2v) is 4.22. The van der Waals surface area contributed by atoms with E-state index in [0.717, 1.165) is 19.3 Å². The minimum Gasteiger partial charge on any atom is -0.481 e. The van der Waals surface area contributed by atoms with Gasteiger partial charge in [-0.2, -0.15) is 0 Å². The van der Waals surface area contributed by atoms with Crippen LogP contribution in [0.1, 0.15) is 42.7 Å². The van der Waals surface area contributed by atoms with Crippen LogP contribution in [0, 0.1) is 0 Å². The number of hydrogen-bond donors (Lipinski definition) is 1. The van der Waals surface area contributed by atoms with Crippen LogP contribution >= 0.6 is 0 Å². The Labute approximate surface area is 89.9 Å². The van der Waals surface area contributed by atoms with E-state index in [0.29, 0.717) is 12.3 Å². The van der Waals surface area contributed by atoms with Gasteiger partial charge in [-0.05, 0) is 42.7 Å². The average Bonchev–Trinajstić information content (AvgIpc) is 2.62. The molecule has 1 aliphatic rings. The third kappa shape index (κ3) is 2.38. The van der Waals surface area contributed by atoms with E-state index in [-0.39, 0.29) is 0 Å². The molecule has 2 rings (SSSR count). The summed E-state index contributed by atoms with van der Waals surface area (Å²) in [4.78, 5) is 10.4. The van der Waals surface area contributed by atoms with Crippen molar-refractivity contribution in [2.75, 3.05) is 0 Å². The summed E-state index contributed by atoms with van der Waals surface area (Å²) in [6.45, 7) is 0. The van der Waals surface area contributed by atoms with Gasteiger partial charge in [0, 0.05) is 6.42 Å². The number of carboxylic acid groups (broad SMARTS) is 1. The summed E-state index contributed by atoms with van der Waals surface area (Å²) in [5.41, 5.74) is 2.90. The van der Waals surface area contributed by atoms with Crippen LogP contribution in [0.5, 0.6) is 0 Å². The number of carbonyl (C=O) groups is 1. The van der Waals surface area contributed by atoms with Crippen molar-refractivity contribution < 1.29 is 9.90 Å². The molecule has 0 heterocycles. The van der Waals surface area contributed by atoms with E-state index < -0.39 is 5.97 Å². The van der Waals surface area contributed by atoms with Crippen LogP contribution in [0.15, 0.2) is 24.3 Å². The molecule has 0 aromatic heterocycles. The highest BCUT2D eigenvalue weighted by Crippen LogP contribution is 2.36. The predicted molar refractivity (Wildman–Crippen MR) is 59.0 cm³/mol. The summed E-state index contributed by atoms with van der Waals surface area (Å²) in [6.07, 6.45) is 4.48. The van der Waals surface area contributed by atoms with Gasteiger partial charge in [0.05, 0.1) is 0 Å². The summed E-state index contributed by atoms with van der Waals surface area (Å²) in [5.74, 6) is -0.0816. The van der Waals surface area contributed by atoms with Crippen LogP contribution in [-0.2, 0) is 11.2 Å². The van der Waals surface area contributed by atoms with Crippen LogP contribution in [0.2, 0.25) is 0 Å². The molecule has 1 aromatic rings. The fourth-order valence-corrected chi connectivity index (χ4v) is 2.44. The smallest absolute Gasteiger partial charge is 0.303 e. The lowest BCUT2D eigenvalue weighted by Gasteiger charge is -2.09. The summed E-state index contributed by atoms with van der Waals surface area (Å²) in [5, 5.41) is 8.58. The van der Waals surface area contributed by atoms with Crippen LogP contribution < -0.4 is 0 Å². The largest absolute Gasteiger partial charge is 0.481 e. The van der Waals surface area contributed by atoms with Crippen molar-refractivity contribution in [2.24, 2.45) is 0 Å². The molecule has 0 amide bonds. The Morgan fingerprint density at radius 2 is 2.20 bits per heavy atom. The van der Waals surface area contributed by atoms with E-state index in [1.165, 1.54) is 17.5 Å². The molecule has 15 heavy (non-hydrogen) atoms. The molecular formula is C13H16O2. The number of benzene rings is 1. The molecule has 0 spiro atoms. The van der Waals surface area contributed by atoms with Gasteiger partial charge in [0.25, 0.3) is 0 Å². The van der Waals surface area contributed by atoms with Gasteiger partial charge in [-0.3, -0.25) is 4.79 Å². The van der Waals surface area contributed by atoms with Gasteiger partial charge in [0.2, 0.25) is 0 Å². The van der Waals surface area contributed by atoms with E-state index in [9.17, 15) is 4.79 Å². The zero-order chi connectivity index (χ0) is 10.7. The Hall–Kier alpha value is -1.31. The molecule has 1 unspecified atom stereocenters. The first-order valence-electron chi connectivity index (χ1n) is 5.57. The second-order valence-electron chi connectivity index (χ2n) is 4.22. The summed E-state index contributed by atoms with van der Waals surface area (Å²) >= 11 is 0. The third-order valence-electron chi connectivity index (χ3n) is 3.20. The van der Waals surface area contributed by atoms with Gasteiger partial charge in [0.15, 0.2) is 0 Å². The maximum Gasteiger partial charge on any atom is 0.303 e. The highest BCUT2D eigenvalue weighted by molar-refractivity contribution is 5.66. The first kappa shape index (κ1) is 10.2. The van der Waals surface area contributed by atoms with Gasteiger partial charge in [-0.25, -0.2) is 0 Å². The molecule has 0 saturated heterocycles. The molecule has 0 bridgehead atoms. The lowest BCUT2D eigenvalue weighted by atomic mass is 9.95. The molecule has 1 atom stereocenters. The van der Waals surface area contributed by atoms with Crippen molar-refractivity contribution in [3.8, 4) is 0 Å². The van der Waals surface area contributed by atoms with Crippen LogP contribution in [0.25, 0.3) is 0 Å². The van der Waals surface area contributed by atoms with Crippen molar-refractivity contribution in [2.45, 2.75) is 38.0 Å². The average molecular weight is 204 g/mol. The Morgan fingerprint density at radius 1 is 1.40 bits per heavy atom. The van der Waals surface area contributed by atoms with Gasteiger partial charge in [-0.1, -0.05) is 24.3 Å². The van der Waals surface area contributed by atoms with Crippen molar-refractivity contribution in [1.29, 1.82) is 0 Å². The van der Waals surface area contributed by atoms with E-state index >= 15 is 0 Å². The highest BCUT2D eigenvalue weighted by atomic mass is 16.4. The number of aliphatic carboxylic acids is 1. The molecule has 0 radical (unpaired) electrons. The molecule has 1 aromatic carbocycles. The lowest BCUT2D eigenvalue weighted by molar-refractivity contribution is -0.137. The second kappa shape index (κ2) is 4.47. The third-order valence-corrected chi connectivity index (χ3v) is 3.20. The molecule has 0 saturated carbocycles. The maximum absolute atomic E-state index is 10.4. The summed E-state index contributed by atoms with van der Waals surface area (Å²) < 4.78 is 0. The fraction of sp³-hybridized carbons (Fsp3) is 0.462. The Balaban J connectivity index is 1.93. The minimum absolute atomic E-state index is 0.304. The van der Waals surface area contributed by atoms with Crippen molar-refractivity contribution in [3.05, 3.63) is 35.4 Å². The Kier molecular flexibility index (Phi) is 3.05. The molecule has 1 aliphatic carbocycles. The topological polar surface area (TPSA) is 37.3 Å². The first-order valence-corrected chi connectivity index (χ1v) is 5.57. The van der Waals surface area contributed by atoms with Crippen LogP contribution in [-0.4, -0.2) is 11.1 Å². The van der Waals surface area contributed by atoms with Gasteiger partial charge >= 0.3 is 5.97 Å². The van der Waals surface area contributed by atoms with Gasteiger partial charge in [0.1, 0.15) is 0 Å². The molecule has 0 fully saturated rings. The summed E-state index contributed by atoms with van der Waals surface area (Å²) in [6, 6.07) is 8.53. The van der Waals surface area contributed by atoms with E-state index in [1.54, 1.807) is 0 Å². The zero-order valence-electron chi connectivity index (χ0n) is 8.78. The van der Waals surface area contributed by atoms with Crippen LogP contribution in [0.4, 0.5) is 0 Å². The normalized spacial score (nSPS) is 18.8. The predicted octanol–water partition coefficient (Wildman–Crippen LogP) is 2.97. The number of rotatable bonds is 4. The fourth-order valence-electron chi connectivity index (χ4n) is 2.44. The standard InChI is InChI=1S/C13H16O2/c14-13(15)7-3-5-11-9-8-10-4-1-2-6-12(10)11/h1-2,4,6,11H,3,5,7-9H2,(H,14,15). The van der Waals surface area contributed by atoms with Crippen LogP contribution in [0.3, 0.4) is 0 Å². The van der Waals surface area contributed by atoms with Crippen molar-refractivity contribution >= 4 is 5.97 Å². The molecule has 1 N–H and O–H groups in total. The van der Waals surface area contributed by atoms with E-state index in [4.69, 9.17) is 5.11 Å². The zero-order valence-corrected chi connectivity index (χ0v) is 8.78. The number of carboxylic acids is 1. The molecule has 80 valence electrons. The Bertz CT molecular complexity index is 357. The van der Waals surface area contributed by atoms with Gasteiger partial charge < -0.3 is 5.11 Å². The van der Waals surface area contributed by atoms with E-state index in [1.807, 2.05) is 0 Å². The number of hydrogen-bond acceptors (Lipinski definition) is 1. The minimum atomic E-state index is -0.679. The quantitative estimate of drug-likeness (QED) is 0.818. The Morgan fingerprint density at radius 3 is 3.00 bits per heavy atom. The molecule has 0 aliphatic heterocycles. The molecule has 2 heteroatoms. The first-order chi connectivity index (χ1) is 7.27. The van der Waals surface area contributed by atoms with Crippen molar-refractivity contribution in [1.82, 2.24) is 0 Å². The van der Waals surface area contributed by atoms with E-state index in [2.05, 4.69) is 24.3 Å². The molecule has 2 nitrogen and oxygen atoms in total. The summed E-state index contributed by atoms with van der Waals surface area (Å²) in [7, 11) is 0. The van der Waals surface area contributed by atoms with Crippen molar-refractivity contribution in [3.63, 3.8) is 0 Å². The highest BCUT2D eigenvalue weighted by Gasteiger charge is 2.21. The maximum atomic E-state index is 10.4.